The summed E-state index contributed by atoms with van der Waals surface area (Å²) in [7, 11) is 0. The van der Waals surface area contributed by atoms with Gasteiger partial charge in [-0.2, -0.15) is 0 Å². The minimum absolute atomic E-state index is 0.142. The molecule has 27 heavy (non-hydrogen) atoms. The molecule has 4 rings (SSSR count). The van der Waals surface area contributed by atoms with Crippen LogP contribution in [0.2, 0.25) is 0 Å². The lowest BCUT2D eigenvalue weighted by molar-refractivity contribution is 0.0984. The highest BCUT2D eigenvalue weighted by molar-refractivity contribution is 7.09. The molecule has 4 nitrogen and oxygen atoms in total. The molecule has 0 radical (unpaired) electrons. The standard InChI is InChI=1S/C21H19FN2O2S/c1-14-23-18(13-27-14)12-26-19-6-2-4-16(10-19)21(25)24-9-3-5-15-7-8-17(22)11-20(15)24/h2,4,6-8,10-11,13H,3,5,9,12H2,1H3. The van der Waals surface area contributed by atoms with Gasteiger partial charge in [0.2, 0.25) is 0 Å². The van der Waals surface area contributed by atoms with Crippen LogP contribution >= 0.6 is 11.3 Å². The van der Waals surface area contributed by atoms with Gasteiger partial charge in [-0.05, 0) is 55.7 Å². The van der Waals surface area contributed by atoms with E-state index < -0.39 is 0 Å². The van der Waals surface area contributed by atoms with Crippen molar-refractivity contribution in [1.29, 1.82) is 0 Å². The van der Waals surface area contributed by atoms with Crippen LogP contribution in [-0.2, 0) is 13.0 Å². The van der Waals surface area contributed by atoms with Crippen LogP contribution in [0.25, 0.3) is 0 Å². The van der Waals surface area contributed by atoms with E-state index in [2.05, 4.69) is 4.98 Å². The van der Waals surface area contributed by atoms with Gasteiger partial charge < -0.3 is 9.64 Å². The molecule has 1 aliphatic heterocycles. The van der Waals surface area contributed by atoms with Crippen molar-refractivity contribution in [3.63, 3.8) is 0 Å². The second kappa shape index (κ2) is 7.48. The van der Waals surface area contributed by atoms with Crippen LogP contribution in [0.15, 0.2) is 47.8 Å². The van der Waals surface area contributed by atoms with Crippen molar-refractivity contribution in [2.45, 2.75) is 26.4 Å². The molecule has 1 aromatic heterocycles. The van der Waals surface area contributed by atoms with Crippen LogP contribution in [-0.4, -0.2) is 17.4 Å². The van der Waals surface area contributed by atoms with Gasteiger partial charge in [0.05, 0.1) is 16.4 Å². The minimum atomic E-state index is -0.330. The molecule has 1 amide bonds. The lowest BCUT2D eigenvalue weighted by atomic mass is 10.0. The number of rotatable bonds is 4. The van der Waals surface area contributed by atoms with E-state index in [0.29, 0.717) is 30.2 Å². The molecule has 2 aromatic carbocycles. The molecule has 0 fully saturated rings. The number of thiazole rings is 1. The molecule has 2 heterocycles. The Morgan fingerprint density at radius 2 is 2.19 bits per heavy atom. The third-order valence-corrected chi connectivity index (χ3v) is 5.37. The van der Waals surface area contributed by atoms with Gasteiger partial charge in [0.15, 0.2) is 0 Å². The molecule has 138 valence electrons. The lowest BCUT2D eigenvalue weighted by Crippen LogP contribution is -2.35. The number of amides is 1. The van der Waals surface area contributed by atoms with E-state index in [1.165, 1.54) is 12.1 Å². The Hall–Kier alpha value is -2.73. The Kier molecular flexibility index (Phi) is 4.90. The number of nitrogens with zero attached hydrogens (tertiary/aromatic N) is 2. The van der Waals surface area contributed by atoms with Gasteiger partial charge in [0.25, 0.3) is 5.91 Å². The van der Waals surface area contributed by atoms with Crippen molar-refractivity contribution in [2.75, 3.05) is 11.4 Å². The number of fused-ring (bicyclic) bond motifs is 1. The molecular weight excluding hydrogens is 363 g/mol. The largest absolute Gasteiger partial charge is 0.487 e. The number of aromatic nitrogens is 1. The fourth-order valence-electron chi connectivity index (χ4n) is 3.27. The Labute approximate surface area is 161 Å². The summed E-state index contributed by atoms with van der Waals surface area (Å²) in [5.41, 5.74) is 3.06. The van der Waals surface area contributed by atoms with E-state index in [4.69, 9.17) is 4.74 Å². The van der Waals surface area contributed by atoms with Gasteiger partial charge in [0.1, 0.15) is 18.2 Å². The third kappa shape index (κ3) is 3.85. The van der Waals surface area contributed by atoms with E-state index >= 15 is 0 Å². The van der Waals surface area contributed by atoms with Crippen LogP contribution in [0.3, 0.4) is 0 Å². The number of aryl methyl sites for hydroxylation is 2. The number of halogens is 1. The number of carbonyl (C=O) groups excluding carboxylic acids is 1. The van der Waals surface area contributed by atoms with Gasteiger partial charge in [-0.25, -0.2) is 9.37 Å². The second-order valence-electron chi connectivity index (χ2n) is 6.51. The fourth-order valence-corrected chi connectivity index (χ4v) is 3.86. The first-order chi connectivity index (χ1) is 13.1. The van der Waals surface area contributed by atoms with Crippen LogP contribution in [0.5, 0.6) is 5.75 Å². The van der Waals surface area contributed by atoms with E-state index in [1.807, 2.05) is 18.4 Å². The maximum atomic E-state index is 13.7. The van der Waals surface area contributed by atoms with Gasteiger partial charge in [-0.1, -0.05) is 12.1 Å². The number of carbonyl (C=O) groups is 1. The summed E-state index contributed by atoms with van der Waals surface area (Å²) >= 11 is 1.58. The predicted octanol–water partition coefficient (Wildman–Crippen LogP) is 4.76. The second-order valence-corrected chi connectivity index (χ2v) is 7.57. The average Bonchev–Trinajstić information content (AvgIpc) is 3.11. The van der Waals surface area contributed by atoms with Crippen molar-refractivity contribution in [2.24, 2.45) is 0 Å². The van der Waals surface area contributed by atoms with Crippen LogP contribution in [0, 0.1) is 12.7 Å². The molecule has 0 saturated heterocycles. The molecule has 0 unspecified atom stereocenters. The Balaban J connectivity index is 1.54. The highest BCUT2D eigenvalue weighted by Gasteiger charge is 2.24. The molecule has 1 aliphatic rings. The predicted molar refractivity (Wildman–Crippen MR) is 104 cm³/mol. The van der Waals surface area contributed by atoms with Crippen molar-refractivity contribution in [3.8, 4) is 5.75 Å². The first-order valence-electron chi connectivity index (χ1n) is 8.84. The summed E-state index contributed by atoms with van der Waals surface area (Å²) in [6.45, 7) is 2.89. The molecule has 0 spiro atoms. The molecule has 0 aliphatic carbocycles. The third-order valence-electron chi connectivity index (χ3n) is 4.55. The monoisotopic (exact) mass is 382 g/mol. The Morgan fingerprint density at radius 3 is 3.00 bits per heavy atom. The van der Waals surface area contributed by atoms with Gasteiger partial charge in [0, 0.05) is 17.5 Å². The molecule has 0 N–H and O–H groups in total. The minimum Gasteiger partial charge on any atom is -0.487 e. The van der Waals surface area contributed by atoms with E-state index in [1.54, 1.807) is 40.5 Å². The molecule has 0 atom stereocenters. The Morgan fingerprint density at radius 1 is 1.30 bits per heavy atom. The number of anilines is 1. The summed E-state index contributed by atoms with van der Waals surface area (Å²) in [6.07, 6.45) is 1.72. The van der Waals surface area contributed by atoms with Gasteiger partial charge >= 0.3 is 0 Å². The summed E-state index contributed by atoms with van der Waals surface area (Å²) in [5.74, 6) is 0.142. The lowest BCUT2D eigenvalue weighted by Gasteiger charge is -2.29. The van der Waals surface area contributed by atoms with E-state index in [9.17, 15) is 9.18 Å². The average molecular weight is 382 g/mol. The number of hydrogen-bond donors (Lipinski definition) is 0. The Bertz CT molecular complexity index is 986. The van der Waals surface area contributed by atoms with Crippen molar-refractivity contribution >= 4 is 22.9 Å². The number of hydrogen-bond acceptors (Lipinski definition) is 4. The zero-order valence-electron chi connectivity index (χ0n) is 14.9. The van der Waals surface area contributed by atoms with Gasteiger partial charge in [-0.3, -0.25) is 4.79 Å². The summed E-state index contributed by atoms with van der Waals surface area (Å²) < 4.78 is 19.5. The molecule has 6 heteroatoms. The topological polar surface area (TPSA) is 42.4 Å². The molecular formula is C21H19FN2O2S. The smallest absolute Gasteiger partial charge is 0.258 e. The fraction of sp³-hybridized carbons (Fsp3) is 0.238. The van der Waals surface area contributed by atoms with Crippen LogP contribution < -0.4 is 9.64 Å². The molecule has 0 saturated carbocycles. The van der Waals surface area contributed by atoms with Crippen molar-refractivity contribution < 1.29 is 13.9 Å². The molecule has 3 aromatic rings. The first-order valence-corrected chi connectivity index (χ1v) is 9.72. The number of benzene rings is 2. The van der Waals surface area contributed by atoms with Crippen molar-refractivity contribution in [1.82, 2.24) is 4.98 Å². The highest BCUT2D eigenvalue weighted by atomic mass is 32.1. The van der Waals surface area contributed by atoms with E-state index in [0.717, 1.165) is 29.1 Å². The quantitative estimate of drug-likeness (QED) is 0.653. The highest BCUT2D eigenvalue weighted by Crippen LogP contribution is 2.29. The van der Waals surface area contributed by atoms with Gasteiger partial charge in [-0.15, -0.1) is 11.3 Å². The number of ether oxygens (including phenoxy) is 1. The molecule has 0 bridgehead atoms. The SMILES string of the molecule is Cc1nc(COc2cccc(C(=O)N3CCCc4ccc(F)cc43)c2)cs1. The maximum Gasteiger partial charge on any atom is 0.258 e. The normalized spacial score (nSPS) is 13.3. The maximum absolute atomic E-state index is 13.7. The van der Waals surface area contributed by atoms with Crippen LogP contribution in [0.4, 0.5) is 10.1 Å². The zero-order valence-corrected chi connectivity index (χ0v) is 15.8. The zero-order chi connectivity index (χ0) is 18.8. The van der Waals surface area contributed by atoms with Crippen LogP contribution in [0.1, 0.15) is 33.0 Å². The van der Waals surface area contributed by atoms with Crippen molar-refractivity contribution in [3.05, 3.63) is 75.5 Å². The summed E-state index contributed by atoms with van der Waals surface area (Å²) in [5, 5.41) is 2.96. The van der Waals surface area contributed by atoms with E-state index in [-0.39, 0.29) is 11.7 Å². The summed E-state index contributed by atoms with van der Waals surface area (Å²) in [6, 6.07) is 11.8. The first kappa shape index (κ1) is 17.7. The summed E-state index contributed by atoms with van der Waals surface area (Å²) in [4.78, 5) is 19.1.